The normalized spacial score (nSPS) is 18.5. The van der Waals surface area contributed by atoms with Crippen molar-refractivity contribution in [2.75, 3.05) is 33.2 Å². The third kappa shape index (κ3) is 8.15. The van der Waals surface area contributed by atoms with Crippen LogP contribution in [0.5, 0.6) is 0 Å². The topological polar surface area (TPSA) is 56.4 Å². The molecule has 0 radical (unpaired) electrons. The molecule has 0 bridgehead atoms. The summed E-state index contributed by atoms with van der Waals surface area (Å²) in [6.45, 7) is 15.9. The summed E-state index contributed by atoms with van der Waals surface area (Å²) in [7, 11) is 2.29. The molecule has 2 saturated heterocycles. The van der Waals surface area contributed by atoms with Gasteiger partial charge in [-0.3, -0.25) is 0 Å². The van der Waals surface area contributed by atoms with Gasteiger partial charge in [-0.2, -0.15) is 0 Å². The van der Waals surface area contributed by atoms with Crippen LogP contribution in [0.1, 0.15) is 65.6 Å². The molecule has 6 rings (SSSR count). The van der Waals surface area contributed by atoms with Gasteiger partial charge in [-0.25, -0.2) is 0 Å². The molecule has 0 spiro atoms. The van der Waals surface area contributed by atoms with Crippen molar-refractivity contribution >= 4 is 35.3 Å². The van der Waals surface area contributed by atoms with Gasteiger partial charge in [0.1, 0.15) is 13.6 Å². The highest BCUT2D eigenvalue weighted by molar-refractivity contribution is 5.86. The zero-order chi connectivity index (χ0) is 29.8. The Kier molecular flexibility index (Phi) is 12.3. The molecule has 2 fully saturated rings. The second-order valence-electron chi connectivity index (χ2n) is 11.7. The average molecular weight is 560 g/mol. The Labute approximate surface area is 249 Å². The van der Waals surface area contributed by atoms with Crippen LogP contribution in [0.2, 0.25) is 0 Å². The largest absolute Gasteiger partial charge is 0.358 e. The van der Waals surface area contributed by atoms with Crippen LogP contribution in [0, 0.1) is 6.92 Å². The van der Waals surface area contributed by atoms with E-state index in [1.165, 1.54) is 96.8 Å². The third-order valence-corrected chi connectivity index (χ3v) is 9.16. The lowest BCUT2D eigenvalue weighted by atomic mass is 9.77. The lowest BCUT2D eigenvalue weighted by molar-refractivity contribution is -0.0987. The van der Waals surface area contributed by atoms with E-state index in [-0.39, 0.29) is 2.85 Å². The first-order chi connectivity index (χ1) is 19.9. The molecule has 4 aromatic rings. The third-order valence-electron chi connectivity index (χ3n) is 9.16. The monoisotopic (exact) mass is 559 g/mol. The molecule has 41 heavy (non-hydrogen) atoms. The number of aryl methyl sites for hydroxylation is 2. The summed E-state index contributed by atoms with van der Waals surface area (Å²) in [6, 6.07) is 25.0. The molecular weight excluding hydrogens is 506 g/mol. The predicted octanol–water partition coefficient (Wildman–Crippen LogP) is 7.84. The van der Waals surface area contributed by atoms with E-state index in [4.69, 9.17) is 9.59 Å². The van der Waals surface area contributed by atoms with Crippen molar-refractivity contribution in [3.8, 4) is 0 Å². The van der Waals surface area contributed by atoms with Crippen molar-refractivity contribution in [1.29, 1.82) is 0 Å². The molecule has 0 aliphatic carbocycles. The van der Waals surface area contributed by atoms with Gasteiger partial charge >= 0.3 is 0 Å². The van der Waals surface area contributed by atoms with Crippen LogP contribution in [0.3, 0.4) is 0 Å². The molecule has 0 amide bonds. The van der Waals surface area contributed by atoms with E-state index >= 15 is 0 Å². The molecule has 2 aliphatic heterocycles. The Morgan fingerprint density at radius 3 is 2.29 bits per heavy atom. The number of hydrogen-bond donors (Lipinski definition) is 1. The second kappa shape index (κ2) is 15.6. The van der Waals surface area contributed by atoms with E-state index < -0.39 is 0 Å². The molecule has 3 aromatic carbocycles. The number of para-hydroxylation sites is 1. The number of nitrogens with one attached hydrogen (secondary N) is 1. The van der Waals surface area contributed by atoms with Gasteiger partial charge in [0, 0.05) is 25.5 Å². The first kappa shape index (κ1) is 32.2. The first-order valence-corrected chi connectivity index (χ1v) is 15.0. The number of hydrogen-bond acceptors (Lipinski definition) is 4. The number of benzene rings is 3. The van der Waals surface area contributed by atoms with Crippen LogP contribution in [-0.4, -0.2) is 67.6 Å². The highest BCUT2D eigenvalue weighted by Crippen LogP contribution is 2.36. The zero-order valence-corrected chi connectivity index (χ0v) is 25.6. The molecule has 5 heteroatoms. The number of H-pyrrole nitrogens is 1. The Morgan fingerprint density at radius 1 is 0.927 bits per heavy atom. The van der Waals surface area contributed by atoms with E-state index in [1.807, 2.05) is 13.6 Å². The summed E-state index contributed by atoms with van der Waals surface area (Å²) in [5.41, 5.74) is 5.80. The SMILES string of the molecule is C=O.C=O.CCc1ccc2cccc(C)c2c1.CN1CCC[C@@H]1CCN1CCC(C)(c2cc3ccccc3[nH]2)CC1.[HH].[HH]. The molecule has 5 nitrogen and oxygen atoms in total. The highest BCUT2D eigenvalue weighted by atomic mass is 16.1. The van der Waals surface area contributed by atoms with Gasteiger partial charge in [0.2, 0.25) is 0 Å². The van der Waals surface area contributed by atoms with Crippen molar-refractivity contribution in [1.82, 2.24) is 14.8 Å². The van der Waals surface area contributed by atoms with Crippen molar-refractivity contribution < 1.29 is 12.4 Å². The van der Waals surface area contributed by atoms with Gasteiger partial charge in [-0.15, -0.1) is 0 Å². The summed E-state index contributed by atoms with van der Waals surface area (Å²) >= 11 is 0. The fourth-order valence-corrected chi connectivity index (χ4v) is 6.31. The summed E-state index contributed by atoms with van der Waals surface area (Å²) < 4.78 is 0. The summed E-state index contributed by atoms with van der Waals surface area (Å²) in [6.07, 6.45) is 7.78. The van der Waals surface area contributed by atoms with Crippen LogP contribution < -0.4 is 0 Å². The number of carbonyl (C=O) groups excluding carboxylic acids is 2. The molecular formula is C36H53N3O2. The summed E-state index contributed by atoms with van der Waals surface area (Å²) in [5, 5.41) is 4.08. The van der Waals surface area contributed by atoms with E-state index in [2.05, 4.69) is 109 Å². The fourth-order valence-electron chi connectivity index (χ4n) is 6.31. The maximum Gasteiger partial charge on any atom is 0.106 e. The van der Waals surface area contributed by atoms with E-state index in [9.17, 15) is 0 Å². The van der Waals surface area contributed by atoms with Crippen LogP contribution in [0.15, 0.2) is 66.7 Å². The van der Waals surface area contributed by atoms with Crippen molar-refractivity contribution in [2.45, 2.75) is 70.8 Å². The number of piperidine rings is 1. The number of nitrogens with zero attached hydrogens (tertiary/aromatic N) is 2. The second-order valence-corrected chi connectivity index (χ2v) is 11.7. The molecule has 1 N–H and O–H groups in total. The van der Waals surface area contributed by atoms with Gasteiger partial charge in [0.15, 0.2) is 0 Å². The summed E-state index contributed by atoms with van der Waals surface area (Å²) in [5.74, 6) is 0. The number of rotatable bonds is 5. The number of aromatic amines is 1. The van der Waals surface area contributed by atoms with E-state index in [0.29, 0.717) is 5.41 Å². The Hall–Kier alpha value is -3.28. The predicted molar refractivity (Wildman–Crippen MR) is 178 cm³/mol. The summed E-state index contributed by atoms with van der Waals surface area (Å²) in [4.78, 5) is 24.9. The Bertz CT molecular complexity index is 1330. The molecule has 3 heterocycles. The molecule has 1 atom stereocenters. The van der Waals surface area contributed by atoms with Gasteiger partial charge in [-0.1, -0.05) is 68.4 Å². The molecule has 0 saturated carbocycles. The van der Waals surface area contributed by atoms with Gasteiger partial charge in [0.25, 0.3) is 0 Å². The quantitative estimate of drug-likeness (QED) is 0.271. The van der Waals surface area contributed by atoms with Gasteiger partial charge in [0.05, 0.1) is 0 Å². The minimum absolute atomic E-state index is 0. The minimum atomic E-state index is 0. The van der Waals surface area contributed by atoms with Crippen LogP contribution in [0.25, 0.3) is 21.7 Å². The highest BCUT2D eigenvalue weighted by Gasteiger charge is 2.33. The van der Waals surface area contributed by atoms with Crippen molar-refractivity contribution in [3.05, 3.63) is 83.6 Å². The smallest absolute Gasteiger partial charge is 0.106 e. The molecule has 2 aliphatic rings. The van der Waals surface area contributed by atoms with Gasteiger partial charge < -0.3 is 24.4 Å². The maximum atomic E-state index is 8.00. The van der Waals surface area contributed by atoms with Crippen molar-refractivity contribution in [2.24, 2.45) is 0 Å². The lowest BCUT2D eigenvalue weighted by Crippen LogP contribution is -2.42. The van der Waals surface area contributed by atoms with Crippen LogP contribution in [0.4, 0.5) is 0 Å². The van der Waals surface area contributed by atoms with Gasteiger partial charge in [-0.05, 0) is 118 Å². The first-order valence-electron chi connectivity index (χ1n) is 15.0. The fraction of sp³-hybridized carbons (Fsp3) is 0.444. The lowest BCUT2D eigenvalue weighted by Gasteiger charge is -2.39. The number of carbonyl (C=O) groups is 2. The minimum Gasteiger partial charge on any atom is -0.358 e. The maximum absolute atomic E-state index is 8.00. The van der Waals surface area contributed by atoms with Crippen LogP contribution in [-0.2, 0) is 21.4 Å². The number of aromatic nitrogens is 1. The Morgan fingerprint density at radius 2 is 1.63 bits per heavy atom. The molecule has 0 unspecified atom stereocenters. The number of fused-ring (bicyclic) bond motifs is 2. The van der Waals surface area contributed by atoms with Crippen LogP contribution >= 0.6 is 0 Å². The van der Waals surface area contributed by atoms with E-state index in [0.717, 1.165) is 12.5 Å². The Balaban J connectivity index is 0.000000416. The zero-order valence-electron chi connectivity index (χ0n) is 25.6. The average Bonchev–Trinajstić information content (AvgIpc) is 3.66. The number of likely N-dealkylation sites (tertiary alicyclic amines) is 2. The molecule has 224 valence electrons. The standard InChI is InChI=1S/C21H31N3.C13H14.2CH2O.2H2/c1-21(20-16-17-6-3-4-8-19(17)22-20)10-14-24(15-11-21)13-9-18-7-5-12-23(18)2;1-3-11-7-8-12-6-4-5-10(2)13(12)9-11;2*1-2;;/h3-4,6,8,16,18,22H,5,7,9-15H2,1-2H3;4-9H,3H2,1-2H3;2*1H2;2*1H/t18-;;;;;/m1...../s1. The van der Waals surface area contributed by atoms with E-state index in [1.54, 1.807) is 0 Å². The molecule has 1 aromatic heterocycles. The van der Waals surface area contributed by atoms with Crippen molar-refractivity contribution in [3.63, 3.8) is 0 Å².